The van der Waals surface area contributed by atoms with Gasteiger partial charge in [0.05, 0.1) is 13.7 Å². The Balaban J connectivity index is 1.76. The Morgan fingerprint density at radius 2 is 1.82 bits per heavy atom. The van der Waals surface area contributed by atoms with E-state index in [-0.39, 0.29) is 13.2 Å². The van der Waals surface area contributed by atoms with Gasteiger partial charge >= 0.3 is 12.1 Å². The minimum absolute atomic E-state index is 0.110. The van der Waals surface area contributed by atoms with Gasteiger partial charge in [0, 0.05) is 6.42 Å². The number of rotatable bonds is 9. The summed E-state index contributed by atoms with van der Waals surface area (Å²) in [7, 11) is 1.29. The number of carbonyl (C=O) groups is 3. The molecule has 0 bridgehead atoms. The summed E-state index contributed by atoms with van der Waals surface area (Å²) in [5.74, 6) is -0.919. The van der Waals surface area contributed by atoms with E-state index in [9.17, 15) is 14.4 Å². The van der Waals surface area contributed by atoms with Gasteiger partial charge in [0.1, 0.15) is 18.7 Å². The lowest BCUT2D eigenvalue weighted by molar-refractivity contribution is -0.146. The minimum atomic E-state index is -0.797. The third-order valence-corrected chi connectivity index (χ3v) is 5.69. The number of ether oxygens (including phenoxy) is 2. The number of hydrogen-bond acceptors (Lipinski definition) is 5. The van der Waals surface area contributed by atoms with E-state index in [1.54, 1.807) is 6.08 Å². The maximum atomic E-state index is 13.3. The van der Waals surface area contributed by atoms with Crippen LogP contribution in [0.4, 0.5) is 4.79 Å². The summed E-state index contributed by atoms with van der Waals surface area (Å²) in [6, 6.07) is 15.5. The zero-order chi connectivity index (χ0) is 23.6. The topological polar surface area (TPSA) is 84.9 Å². The molecule has 0 aromatic heterocycles. The van der Waals surface area contributed by atoms with E-state index in [0.717, 1.165) is 23.1 Å². The second kappa shape index (κ2) is 11.9. The fraction of sp³-hybridized carbons (Fsp3) is 0.346. The average Bonchev–Trinajstić information content (AvgIpc) is 2.86. The van der Waals surface area contributed by atoms with Crippen molar-refractivity contribution < 1.29 is 23.9 Å². The van der Waals surface area contributed by atoms with Crippen molar-refractivity contribution in [1.29, 1.82) is 0 Å². The Bertz CT molecular complexity index is 976. The summed E-state index contributed by atoms with van der Waals surface area (Å²) in [6.07, 6.45) is 3.35. The summed E-state index contributed by atoms with van der Waals surface area (Å²) >= 11 is 0. The number of nitrogens with zero attached hydrogens (tertiary/aromatic N) is 1. The normalized spacial score (nSPS) is 15.7. The highest BCUT2D eigenvalue weighted by Gasteiger charge is 2.37. The fourth-order valence-corrected chi connectivity index (χ4v) is 3.88. The van der Waals surface area contributed by atoms with Gasteiger partial charge in [-0.3, -0.25) is 9.69 Å². The Kier molecular flexibility index (Phi) is 8.63. The number of amides is 2. The van der Waals surface area contributed by atoms with Crippen LogP contribution in [0.5, 0.6) is 0 Å². The first-order valence-corrected chi connectivity index (χ1v) is 11.1. The van der Waals surface area contributed by atoms with Crippen LogP contribution in [-0.4, -0.2) is 42.1 Å². The SMILES string of the molecule is C=CCCC[C@@H](NC(=O)[C@@H]1Cc2ccccc2CN1C(=O)OCc1ccccc1)C(=O)OC. The molecular weight excluding hydrogens is 420 g/mol. The molecule has 33 heavy (non-hydrogen) atoms. The number of hydrogen-bond donors (Lipinski definition) is 1. The molecule has 2 aromatic carbocycles. The first kappa shape index (κ1) is 24.0. The summed E-state index contributed by atoms with van der Waals surface area (Å²) in [4.78, 5) is 39.9. The molecule has 2 amide bonds. The Hall–Kier alpha value is -3.61. The van der Waals surface area contributed by atoms with Crippen molar-refractivity contribution in [2.24, 2.45) is 0 Å². The van der Waals surface area contributed by atoms with E-state index < -0.39 is 30.1 Å². The molecule has 0 saturated heterocycles. The highest BCUT2D eigenvalue weighted by Crippen LogP contribution is 2.25. The molecule has 0 unspecified atom stereocenters. The average molecular weight is 451 g/mol. The standard InChI is InChI=1S/C26H30N2O5/c1-3-4-6-15-22(25(30)32-2)27-24(29)23-16-20-13-9-10-14-21(20)17-28(23)26(31)33-18-19-11-7-5-8-12-19/h3,5,7-14,22-23H,1,4,6,15-18H2,2H3,(H,27,29)/t22-,23+/m1/s1. The molecule has 0 spiro atoms. The van der Waals surface area contributed by atoms with Gasteiger partial charge in [0.25, 0.3) is 0 Å². The van der Waals surface area contributed by atoms with E-state index in [1.165, 1.54) is 12.0 Å². The summed E-state index contributed by atoms with van der Waals surface area (Å²) in [5, 5.41) is 2.79. The molecule has 0 fully saturated rings. The molecule has 7 nitrogen and oxygen atoms in total. The van der Waals surface area contributed by atoms with Crippen LogP contribution in [0, 0.1) is 0 Å². The first-order chi connectivity index (χ1) is 16.0. The molecule has 7 heteroatoms. The van der Waals surface area contributed by atoms with Crippen LogP contribution >= 0.6 is 0 Å². The zero-order valence-electron chi connectivity index (χ0n) is 18.9. The van der Waals surface area contributed by atoms with Gasteiger partial charge in [0.15, 0.2) is 0 Å². The lowest BCUT2D eigenvalue weighted by Gasteiger charge is -2.35. The first-order valence-electron chi connectivity index (χ1n) is 11.1. The molecule has 1 aliphatic rings. The molecule has 0 saturated carbocycles. The van der Waals surface area contributed by atoms with Gasteiger partial charge in [-0.05, 0) is 36.0 Å². The Labute approximate surface area is 194 Å². The minimum Gasteiger partial charge on any atom is -0.467 e. The summed E-state index contributed by atoms with van der Waals surface area (Å²) in [6.45, 7) is 4.05. The van der Waals surface area contributed by atoms with E-state index in [1.807, 2.05) is 54.6 Å². The fourth-order valence-electron chi connectivity index (χ4n) is 3.88. The summed E-state index contributed by atoms with van der Waals surface area (Å²) in [5.41, 5.74) is 2.82. The number of benzene rings is 2. The van der Waals surface area contributed by atoms with E-state index in [2.05, 4.69) is 11.9 Å². The zero-order valence-corrected chi connectivity index (χ0v) is 18.9. The Morgan fingerprint density at radius 1 is 1.12 bits per heavy atom. The third kappa shape index (κ3) is 6.44. The van der Waals surface area contributed by atoms with Crippen molar-refractivity contribution in [3.8, 4) is 0 Å². The molecule has 0 radical (unpaired) electrons. The van der Waals surface area contributed by atoms with E-state index >= 15 is 0 Å². The van der Waals surface area contributed by atoms with Crippen molar-refractivity contribution in [1.82, 2.24) is 10.2 Å². The number of carbonyl (C=O) groups excluding carboxylic acids is 3. The largest absolute Gasteiger partial charge is 0.467 e. The number of fused-ring (bicyclic) bond motifs is 1. The predicted octanol–water partition coefficient (Wildman–Crippen LogP) is 3.76. The third-order valence-electron chi connectivity index (χ3n) is 5.69. The van der Waals surface area contributed by atoms with Crippen LogP contribution in [0.2, 0.25) is 0 Å². The molecule has 174 valence electrons. The number of nitrogens with one attached hydrogen (secondary N) is 1. The molecule has 1 N–H and O–H groups in total. The number of unbranched alkanes of at least 4 members (excludes halogenated alkanes) is 1. The van der Waals surface area contributed by atoms with Gasteiger partial charge in [-0.25, -0.2) is 9.59 Å². The molecule has 2 aromatic rings. The smallest absolute Gasteiger partial charge is 0.411 e. The van der Waals surface area contributed by atoms with Gasteiger partial charge < -0.3 is 14.8 Å². The second-order valence-electron chi connectivity index (χ2n) is 7.96. The maximum Gasteiger partial charge on any atom is 0.411 e. The van der Waals surface area contributed by atoms with Crippen molar-refractivity contribution in [3.05, 3.63) is 83.9 Å². The van der Waals surface area contributed by atoms with Crippen molar-refractivity contribution in [2.45, 2.75) is 50.9 Å². The van der Waals surface area contributed by atoms with Crippen LogP contribution in [0.15, 0.2) is 67.3 Å². The van der Waals surface area contributed by atoms with Crippen LogP contribution < -0.4 is 5.32 Å². The Morgan fingerprint density at radius 3 is 2.52 bits per heavy atom. The molecular formula is C26H30N2O5. The number of esters is 1. The van der Waals surface area contributed by atoms with Crippen LogP contribution in [0.1, 0.15) is 36.0 Å². The lowest BCUT2D eigenvalue weighted by atomic mass is 9.93. The van der Waals surface area contributed by atoms with Crippen LogP contribution in [-0.2, 0) is 38.6 Å². The van der Waals surface area contributed by atoms with Crippen LogP contribution in [0.25, 0.3) is 0 Å². The van der Waals surface area contributed by atoms with Crippen molar-refractivity contribution >= 4 is 18.0 Å². The molecule has 1 aliphatic heterocycles. The molecule has 0 aliphatic carbocycles. The monoisotopic (exact) mass is 450 g/mol. The second-order valence-corrected chi connectivity index (χ2v) is 7.96. The molecule has 2 atom stereocenters. The van der Waals surface area contributed by atoms with Gasteiger partial charge in [-0.1, -0.05) is 60.7 Å². The number of methoxy groups -OCH3 is 1. The maximum absolute atomic E-state index is 13.3. The van der Waals surface area contributed by atoms with E-state index in [0.29, 0.717) is 19.3 Å². The van der Waals surface area contributed by atoms with Gasteiger partial charge in [0.2, 0.25) is 5.91 Å². The van der Waals surface area contributed by atoms with Crippen LogP contribution in [0.3, 0.4) is 0 Å². The van der Waals surface area contributed by atoms with Gasteiger partial charge in [-0.2, -0.15) is 0 Å². The lowest BCUT2D eigenvalue weighted by Crippen LogP contribution is -2.55. The van der Waals surface area contributed by atoms with Crippen molar-refractivity contribution in [3.63, 3.8) is 0 Å². The molecule has 1 heterocycles. The van der Waals surface area contributed by atoms with Gasteiger partial charge in [-0.15, -0.1) is 6.58 Å². The highest BCUT2D eigenvalue weighted by atomic mass is 16.6. The van der Waals surface area contributed by atoms with E-state index in [4.69, 9.17) is 9.47 Å². The quantitative estimate of drug-likeness (QED) is 0.357. The highest BCUT2D eigenvalue weighted by molar-refractivity contribution is 5.90. The summed E-state index contributed by atoms with van der Waals surface area (Å²) < 4.78 is 10.4. The van der Waals surface area contributed by atoms with Crippen molar-refractivity contribution in [2.75, 3.05) is 7.11 Å². The molecule has 3 rings (SSSR count). The number of allylic oxidation sites excluding steroid dienone is 1. The predicted molar refractivity (Wildman–Crippen MR) is 124 cm³/mol.